The highest BCUT2D eigenvalue weighted by atomic mass is 35.5. The van der Waals surface area contributed by atoms with E-state index in [1.165, 1.54) is 49.8 Å². The fraction of sp³-hybridized carbons (Fsp3) is 0.733. The molecule has 3 rings (SSSR count). The van der Waals surface area contributed by atoms with Crippen molar-refractivity contribution in [1.29, 1.82) is 0 Å². The number of halogens is 1. The first-order chi connectivity index (χ1) is 9.28. The van der Waals surface area contributed by atoms with E-state index in [-0.39, 0.29) is 0 Å². The Balaban J connectivity index is 1.72. The van der Waals surface area contributed by atoms with Gasteiger partial charge in [-0.3, -0.25) is 0 Å². The topological polar surface area (TPSA) is 25.8 Å². The van der Waals surface area contributed by atoms with Crippen LogP contribution in [0.15, 0.2) is 0 Å². The van der Waals surface area contributed by atoms with E-state index < -0.39 is 0 Å². The molecule has 1 aliphatic heterocycles. The number of fused-ring (bicyclic) bond motifs is 1. The Morgan fingerprint density at radius 2 is 1.95 bits per heavy atom. The van der Waals surface area contributed by atoms with Crippen LogP contribution >= 0.6 is 23.4 Å². The fourth-order valence-electron chi connectivity index (χ4n) is 3.33. The van der Waals surface area contributed by atoms with Gasteiger partial charge in [-0.05, 0) is 31.6 Å². The smallest absolute Gasteiger partial charge is 0.137 e. The number of aromatic nitrogens is 2. The molecule has 1 aliphatic carbocycles. The molecule has 1 saturated carbocycles. The van der Waals surface area contributed by atoms with E-state index >= 15 is 0 Å². The number of rotatable bonds is 3. The molecule has 0 aromatic carbocycles. The third-order valence-corrected chi connectivity index (χ3v) is 5.74. The predicted octanol–water partition coefficient (Wildman–Crippen LogP) is 4.95. The molecule has 2 nitrogen and oxygen atoms in total. The van der Waals surface area contributed by atoms with Crippen molar-refractivity contribution < 1.29 is 0 Å². The van der Waals surface area contributed by atoms with Crippen LogP contribution in [0.3, 0.4) is 0 Å². The lowest BCUT2D eigenvalue weighted by Crippen LogP contribution is -2.16. The molecule has 0 radical (unpaired) electrons. The van der Waals surface area contributed by atoms with E-state index in [1.54, 1.807) is 0 Å². The Bertz CT molecular complexity index is 456. The second-order valence-corrected chi connectivity index (χ2v) is 7.14. The van der Waals surface area contributed by atoms with Gasteiger partial charge < -0.3 is 0 Å². The second-order valence-electron chi connectivity index (χ2n) is 5.80. The lowest BCUT2D eigenvalue weighted by atomic mass is 9.80. The van der Waals surface area contributed by atoms with Gasteiger partial charge in [-0.2, -0.15) is 11.8 Å². The first kappa shape index (κ1) is 13.7. The van der Waals surface area contributed by atoms with Crippen LogP contribution in [-0.4, -0.2) is 9.97 Å². The summed E-state index contributed by atoms with van der Waals surface area (Å²) in [6.45, 7) is 2.28. The van der Waals surface area contributed by atoms with Crippen molar-refractivity contribution in [3.8, 4) is 0 Å². The molecule has 2 aliphatic rings. The molecule has 0 amide bonds. The van der Waals surface area contributed by atoms with Gasteiger partial charge in [0, 0.05) is 23.0 Å². The molecule has 0 spiro atoms. The van der Waals surface area contributed by atoms with E-state index in [4.69, 9.17) is 16.6 Å². The highest BCUT2D eigenvalue weighted by molar-refractivity contribution is 7.98. The summed E-state index contributed by atoms with van der Waals surface area (Å²) in [5.41, 5.74) is 2.37. The van der Waals surface area contributed by atoms with Crippen molar-refractivity contribution in [3.63, 3.8) is 0 Å². The average molecular weight is 297 g/mol. The highest BCUT2D eigenvalue weighted by Crippen LogP contribution is 2.39. The highest BCUT2D eigenvalue weighted by Gasteiger charge is 2.26. The number of nitrogens with zero attached hydrogens (tertiary/aromatic N) is 2. The summed E-state index contributed by atoms with van der Waals surface area (Å²) in [7, 11) is 0. The standard InChI is InChI=1S/C15H21ClN2S/c1-2-3-10-4-6-11(7-5-10)15-17-13-9-19-8-12(13)14(16)18-15/h10-11H,2-9H2,1H3. The summed E-state index contributed by atoms with van der Waals surface area (Å²) < 4.78 is 0. The van der Waals surface area contributed by atoms with Crippen LogP contribution in [0, 0.1) is 5.92 Å². The quantitative estimate of drug-likeness (QED) is 0.738. The number of hydrogen-bond acceptors (Lipinski definition) is 3. The minimum atomic E-state index is 0.543. The molecule has 1 aromatic heterocycles. The summed E-state index contributed by atoms with van der Waals surface area (Å²) in [5.74, 6) is 4.48. The Morgan fingerprint density at radius 3 is 2.68 bits per heavy atom. The molecule has 104 valence electrons. The maximum atomic E-state index is 6.31. The summed E-state index contributed by atoms with van der Waals surface area (Å²) in [6.07, 6.45) is 7.86. The van der Waals surface area contributed by atoms with Gasteiger partial charge in [0.2, 0.25) is 0 Å². The summed E-state index contributed by atoms with van der Waals surface area (Å²) in [6, 6.07) is 0. The normalized spacial score (nSPS) is 26.4. The predicted molar refractivity (Wildman–Crippen MR) is 81.6 cm³/mol. The average Bonchev–Trinajstić information content (AvgIpc) is 2.89. The van der Waals surface area contributed by atoms with Gasteiger partial charge in [0.05, 0.1) is 5.69 Å². The molecular formula is C15H21ClN2S. The third-order valence-electron chi connectivity index (χ3n) is 4.45. The molecule has 0 unspecified atom stereocenters. The molecule has 19 heavy (non-hydrogen) atoms. The monoisotopic (exact) mass is 296 g/mol. The molecule has 0 atom stereocenters. The van der Waals surface area contributed by atoms with Crippen molar-refractivity contribution in [2.75, 3.05) is 0 Å². The van der Waals surface area contributed by atoms with Crippen LogP contribution in [0.1, 0.15) is 68.4 Å². The molecule has 1 aromatic rings. The lowest BCUT2D eigenvalue weighted by molar-refractivity contribution is 0.302. The zero-order valence-corrected chi connectivity index (χ0v) is 13.1. The molecule has 4 heteroatoms. The molecule has 0 bridgehead atoms. The van der Waals surface area contributed by atoms with E-state index in [9.17, 15) is 0 Å². The van der Waals surface area contributed by atoms with Crippen molar-refractivity contribution in [1.82, 2.24) is 9.97 Å². The summed E-state index contributed by atoms with van der Waals surface area (Å²) in [5, 5.41) is 0.709. The minimum Gasteiger partial charge on any atom is -0.236 e. The maximum Gasteiger partial charge on any atom is 0.137 e. The zero-order chi connectivity index (χ0) is 13.2. The Kier molecular flexibility index (Phi) is 4.33. The molecular weight excluding hydrogens is 276 g/mol. The van der Waals surface area contributed by atoms with Gasteiger partial charge in [-0.1, -0.05) is 31.4 Å². The molecule has 0 N–H and O–H groups in total. The number of hydrogen-bond donors (Lipinski definition) is 0. The fourth-order valence-corrected chi connectivity index (χ4v) is 4.71. The van der Waals surface area contributed by atoms with Gasteiger partial charge >= 0.3 is 0 Å². The van der Waals surface area contributed by atoms with Crippen LogP contribution in [-0.2, 0) is 11.5 Å². The van der Waals surface area contributed by atoms with Crippen LogP contribution in [0.4, 0.5) is 0 Å². The lowest BCUT2D eigenvalue weighted by Gasteiger charge is -2.27. The van der Waals surface area contributed by atoms with Gasteiger partial charge in [-0.15, -0.1) is 0 Å². The minimum absolute atomic E-state index is 0.543. The first-order valence-electron chi connectivity index (χ1n) is 7.40. The van der Waals surface area contributed by atoms with Crippen molar-refractivity contribution in [2.24, 2.45) is 5.92 Å². The van der Waals surface area contributed by atoms with Gasteiger partial charge in [0.25, 0.3) is 0 Å². The zero-order valence-electron chi connectivity index (χ0n) is 11.5. The molecule has 0 saturated heterocycles. The SMILES string of the molecule is CCCC1CCC(c2nc(Cl)c3c(n2)CSC3)CC1. The van der Waals surface area contributed by atoms with E-state index in [0.717, 1.165) is 23.2 Å². The second kappa shape index (κ2) is 6.01. The van der Waals surface area contributed by atoms with E-state index in [0.29, 0.717) is 11.1 Å². The molecule has 1 fully saturated rings. The first-order valence-corrected chi connectivity index (χ1v) is 8.94. The van der Waals surface area contributed by atoms with Gasteiger partial charge in [-0.25, -0.2) is 9.97 Å². The van der Waals surface area contributed by atoms with Crippen molar-refractivity contribution in [3.05, 3.63) is 22.2 Å². The van der Waals surface area contributed by atoms with Gasteiger partial charge in [0.1, 0.15) is 11.0 Å². The van der Waals surface area contributed by atoms with E-state index in [1.807, 2.05) is 11.8 Å². The summed E-state index contributed by atoms with van der Waals surface area (Å²) >= 11 is 8.20. The number of thioether (sulfide) groups is 1. The van der Waals surface area contributed by atoms with Crippen LogP contribution in [0.2, 0.25) is 5.15 Å². The Hall–Kier alpha value is -0.280. The maximum absolute atomic E-state index is 6.31. The Morgan fingerprint density at radius 1 is 1.16 bits per heavy atom. The third kappa shape index (κ3) is 2.92. The largest absolute Gasteiger partial charge is 0.236 e. The Labute approximate surface area is 124 Å². The van der Waals surface area contributed by atoms with Crippen molar-refractivity contribution >= 4 is 23.4 Å². The van der Waals surface area contributed by atoms with Crippen LogP contribution < -0.4 is 0 Å². The van der Waals surface area contributed by atoms with Gasteiger partial charge in [0.15, 0.2) is 0 Å². The van der Waals surface area contributed by atoms with E-state index in [2.05, 4.69) is 11.9 Å². The summed E-state index contributed by atoms with van der Waals surface area (Å²) in [4.78, 5) is 9.37. The molecule has 2 heterocycles. The van der Waals surface area contributed by atoms with Crippen LogP contribution in [0.25, 0.3) is 0 Å². The van der Waals surface area contributed by atoms with Crippen molar-refractivity contribution in [2.45, 2.75) is 62.9 Å². The van der Waals surface area contributed by atoms with Crippen LogP contribution in [0.5, 0.6) is 0 Å².